The normalized spacial score (nSPS) is 11.6. The van der Waals surface area contributed by atoms with Crippen molar-refractivity contribution in [3.8, 4) is 11.8 Å². The van der Waals surface area contributed by atoms with Crippen LogP contribution in [0.2, 0.25) is 0 Å². The second kappa shape index (κ2) is 7.05. The van der Waals surface area contributed by atoms with Gasteiger partial charge in [0.15, 0.2) is 0 Å². The van der Waals surface area contributed by atoms with E-state index in [-0.39, 0.29) is 12.7 Å². The highest BCUT2D eigenvalue weighted by molar-refractivity contribution is 5.13. The van der Waals surface area contributed by atoms with Crippen LogP contribution >= 0.6 is 0 Å². The predicted molar refractivity (Wildman–Crippen MR) is 60.2 cm³/mol. The molecule has 0 radical (unpaired) electrons. The van der Waals surface area contributed by atoms with Crippen molar-refractivity contribution in [3.63, 3.8) is 0 Å². The first kappa shape index (κ1) is 11.8. The first-order valence-electron chi connectivity index (χ1n) is 5.05. The summed E-state index contributed by atoms with van der Waals surface area (Å²) in [5.41, 5.74) is 1.17. The second-order valence-electron chi connectivity index (χ2n) is 3.32. The number of hydrogen-bond acceptors (Lipinski definition) is 2. The summed E-state index contributed by atoms with van der Waals surface area (Å²) >= 11 is 0. The van der Waals surface area contributed by atoms with E-state index >= 15 is 0 Å². The van der Waals surface area contributed by atoms with Crippen molar-refractivity contribution >= 4 is 0 Å². The molecule has 2 heteroatoms. The lowest BCUT2D eigenvalue weighted by Gasteiger charge is -2.09. The molecule has 1 atom stereocenters. The topological polar surface area (TPSA) is 29.5 Å². The summed E-state index contributed by atoms with van der Waals surface area (Å²) in [6, 6.07) is 10.0. The fraction of sp³-hybridized carbons (Fsp3) is 0.385. The minimum Gasteiger partial charge on any atom is -0.384 e. The Labute approximate surface area is 90.9 Å². The SMILES string of the molecule is C[C@@H](CC#CCO)OCc1ccccc1. The summed E-state index contributed by atoms with van der Waals surface area (Å²) in [7, 11) is 0. The maximum absolute atomic E-state index is 8.47. The van der Waals surface area contributed by atoms with Crippen LogP contribution < -0.4 is 0 Å². The fourth-order valence-electron chi connectivity index (χ4n) is 1.14. The highest BCUT2D eigenvalue weighted by Crippen LogP contribution is 2.04. The molecule has 0 amide bonds. The maximum Gasteiger partial charge on any atom is 0.104 e. The molecule has 80 valence electrons. The van der Waals surface area contributed by atoms with Gasteiger partial charge in [0.2, 0.25) is 0 Å². The van der Waals surface area contributed by atoms with Gasteiger partial charge in [-0.2, -0.15) is 0 Å². The van der Waals surface area contributed by atoms with Gasteiger partial charge < -0.3 is 9.84 Å². The molecule has 0 spiro atoms. The Hall–Kier alpha value is -1.30. The van der Waals surface area contributed by atoms with Gasteiger partial charge in [-0.25, -0.2) is 0 Å². The number of rotatable bonds is 4. The van der Waals surface area contributed by atoms with Crippen LogP contribution in [0.4, 0.5) is 0 Å². The van der Waals surface area contributed by atoms with Gasteiger partial charge >= 0.3 is 0 Å². The van der Waals surface area contributed by atoms with Crippen molar-refractivity contribution < 1.29 is 9.84 Å². The predicted octanol–water partition coefficient (Wildman–Crippen LogP) is 1.98. The van der Waals surface area contributed by atoms with Gasteiger partial charge in [0.25, 0.3) is 0 Å². The molecule has 0 fully saturated rings. The highest BCUT2D eigenvalue weighted by Gasteiger charge is 1.99. The van der Waals surface area contributed by atoms with Gasteiger partial charge in [0.1, 0.15) is 6.61 Å². The Balaban J connectivity index is 2.25. The lowest BCUT2D eigenvalue weighted by molar-refractivity contribution is 0.0566. The number of aliphatic hydroxyl groups is 1. The van der Waals surface area contributed by atoms with E-state index in [4.69, 9.17) is 9.84 Å². The van der Waals surface area contributed by atoms with E-state index in [0.717, 1.165) is 0 Å². The van der Waals surface area contributed by atoms with Crippen LogP contribution in [0.3, 0.4) is 0 Å². The largest absolute Gasteiger partial charge is 0.384 e. The Kier molecular flexibility index (Phi) is 5.54. The molecule has 0 saturated heterocycles. The molecule has 0 saturated carbocycles. The van der Waals surface area contributed by atoms with Gasteiger partial charge in [0.05, 0.1) is 12.7 Å². The van der Waals surface area contributed by atoms with Gasteiger partial charge in [-0.05, 0) is 12.5 Å². The lowest BCUT2D eigenvalue weighted by Crippen LogP contribution is -2.06. The molecule has 1 N–H and O–H groups in total. The summed E-state index contributed by atoms with van der Waals surface area (Å²) < 4.78 is 5.59. The van der Waals surface area contributed by atoms with Gasteiger partial charge in [-0.15, -0.1) is 0 Å². The number of benzene rings is 1. The van der Waals surface area contributed by atoms with Crippen molar-refractivity contribution in [1.82, 2.24) is 0 Å². The monoisotopic (exact) mass is 204 g/mol. The Morgan fingerprint density at radius 2 is 2.00 bits per heavy atom. The quantitative estimate of drug-likeness (QED) is 0.760. The summed E-state index contributed by atoms with van der Waals surface area (Å²) in [6.07, 6.45) is 0.761. The van der Waals surface area contributed by atoms with Crippen LogP contribution in [0.25, 0.3) is 0 Å². The number of aliphatic hydroxyl groups excluding tert-OH is 1. The molecule has 0 heterocycles. The zero-order valence-corrected chi connectivity index (χ0v) is 8.94. The maximum atomic E-state index is 8.47. The molecule has 0 aliphatic heterocycles. The van der Waals surface area contributed by atoms with E-state index in [2.05, 4.69) is 11.8 Å². The molecule has 0 aliphatic carbocycles. The van der Waals surface area contributed by atoms with E-state index in [1.807, 2.05) is 37.3 Å². The van der Waals surface area contributed by atoms with Gasteiger partial charge in [-0.3, -0.25) is 0 Å². The first-order valence-corrected chi connectivity index (χ1v) is 5.05. The minimum absolute atomic E-state index is 0.0780. The number of hydrogen-bond donors (Lipinski definition) is 1. The first-order chi connectivity index (χ1) is 7.33. The second-order valence-corrected chi connectivity index (χ2v) is 3.32. The Morgan fingerprint density at radius 3 is 2.67 bits per heavy atom. The molecule has 1 aromatic carbocycles. The van der Waals surface area contributed by atoms with Crippen LogP contribution in [0.15, 0.2) is 30.3 Å². The molecule has 1 rings (SSSR count). The fourth-order valence-corrected chi connectivity index (χ4v) is 1.14. The zero-order chi connectivity index (χ0) is 10.9. The van der Waals surface area contributed by atoms with Crippen LogP contribution in [0, 0.1) is 11.8 Å². The molecular weight excluding hydrogens is 188 g/mol. The van der Waals surface area contributed by atoms with Crippen molar-refractivity contribution in [2.75, 3.05) is 6.61 Å². The average Bonchev–Trinajstić information content (AvgIpc) is 2.28. The molecule has 1 aromatic rings. The standard InChI is InChI=1S/C13H16O2/c1-12(7-5-6-10-14)15-11-13-8-3-2-4-9-13/h2-4,8-9,12,14H,7,10-11H2,1H3/t12-/m0/s1. The average molecular weight is 204 g/mol. The van der Waals surface area contributed by atoms with E-state index in [0.29, 0.717) is 13.0 Å². The third-order valence-electron chi connectivity index (χ3n) is 1.97. The van der Waals surface area contributed by atoms with Crippen molar-refractivity contribution in [1.29, 1.82) is 0 Å². The molecule has 2 nitrogen and oxygen atoms in total. The zero-order valence-electron chi connectivity index (χ0n) is 8.94. The molecule has 0 aromatic heterocycles. The minimum atomic E-state index is -0.0780. The van der Waals surface area contributed by atoms with Gasteiger partial charge in [-0.1, -0.05) is 42.2 Å². The Morgan fingerprint density at radius 1 is 1.27 bits per heavy atom. The molecule has 0 bridgehead atoms. The van der Waals surface area contributed by atoms with Crippen LogP contribution in [-0.2, 0) is 11.3 Å². The van der Waals surface area contributed by atoms with Crippen molar-refractivity contribution in [2.45, 2.75) is 26.1 Å². The van der Waals surface area contributed by atoms with E-state index in [1.165, 1.54) is 5.56 Å². The molecule has 0 unspecified atom stereocenters. The number of ether oxygens (including phenoxy) is 1. The van der Waals surface area contributed by atoms with Crippen LogP contribution in [0.5, 0.6) is 0 Å². The third kappa shape index (κ3) is 5.21. The Bertz CT molecular complexity index is 321. The summed E-state index contributed by atoms with van der Waals surface area (Å²) in [5.74, 6) is 5.45. The van der Waals surface area contributed by atoms with Crippen LogP contribution in [-0.4, -0.2) is 17.8 Å². The third-order valence-corrected chi connectivity index (χ3v) is 1.97. The van der Waals surface area contributed by atoms with E-state index in [9.17, 15) is 0 Å². The van der Waals surface area contributed by atoms with Crippen molar-refractivity contribution in [3.05, 3.63) is 35.9 Å². The van der Waals surface area contributed by atoms with E-state index < -0.39 is 0 Å². The smallest absolute Gasteiger partial charge is 0.104 e. The van der Waals surface area contributed by atoms with Gasteiger partial charge in [0, 0.05) is 6.42 Å². The molecular formula is C13H16O2. The molecule has 15 heavy (non-hydrogen) atoms. The summed E-state index contributed by atoms with van der Waals surface area (Å²) in [6.45, 7) is 2.52. The summed E-state index contributed by atoms with van der Waals surface area (Å²) in [5, 5.41) is 8.47. The highest BCUT2D eigenvalue weighted by atomic mass is 16.5. The van der Waals surface area contributed by atoms with E-state index in [1.54, 1.807) is 0 Å². The van der Waals surface area contributed by atoms with Crippen LogP contribution in [0.1, 0.15) is 18.9 Å². The lowest BCUT2D eigenvalue weighted by atomic mass is 10.2. The van der Waals surface area contributed by atoms with Crippen molar-refractivity contribution in [2.24, 2.45) is 0 Å². The summed E-state index contributed by atoms with van der Waals surface area (Å²) in [4.78, 5) is 0. The molecule has 0 aliphatic rings.